The van der Waals surface area contributed by atoms with Crippen LogP contribution in [0.3, 0.4) is 0 Å². The van der Waals surface area contributed by atoms with Crippen molar-refractivity contribution in [2.24, 2.45) is 5.73 Å². The lowest BCUT2D eigenvalue weighted by Gasteiger charge is -2.11. The molecule has 0 saturated carbocycles. The lowest BCUT2D eigenvalue weighted by Crippen LogP contribution is -2.16. The number of aliphatic hydroxyl groups excluding tert-OH is 1. The van der Waals surface area contributed by atoms with E-state index in [1.165, 1.54) is 0 Å². The number of anilines is 1. The predicted octanol–water partition coefficient (Wildman–Crippen LogP) is 0.914. The first kappa shape index (κ1) is 9.32. The molecule has 1 aromatic rings. The van der Waals surface area contributed by atoms with Gasteiger partial charge in [0.2, 0.25) is 0 Å². The first-order valence-corrected chi connectivity index (χ1v) is 3.95. The number of para-hydroxylation sites is 1. The minimum Gasteiger partial charge on any atom is -0.397 e. The number of hydrogen-bond donors (Lipinski definition) is 3. The van der Waals surface area contributed by atoms with E-state index in [2.05, 4.69) is 0 Å². The standard InChI is InChI=1S/C8H11ClN2O/c9-6-3-1-2-5(8(6)11)7(10)4-12/h1-3,7,12H,4,10-11H2/t7-/m0/s1. The molecular weight excluding hydrogens is 176 g/mol. The van der Waals surface area contributed by atoms with Gasteiger partial charge in [-0.1, -0.05) is 23.7 Å². The summed E-state index contributed by atoms with van der Waals surface area (Å²) < 4.78 is 0. The zero-order valence-corrected chi connectivity index (χ0v) is 7.25. The van der Waals surface area contributed by atoms with Gasteiger partial charge in [0.25, 0.3) is 0 Å². The third kappa shape index (κ3) is 1.69. The second-order valence-electron chi connectivity index (χ2n) is 2.53. The maximum Gasteiger partial charge on any atom is 0.0638 e. The van der Waals surface area contributed by atoms with E-state index in [0.717, 1.165) is 0 Å². The number of aliphatic hydroxyl groups is 1. The summed E-state index contributed by atoms with van der Waals surface area (Å²) in [6.07, 6.45) is 0. The van der Waals surface area contributed by atoms with Crippen molar-refractivity contribution in [1.29, 1.82) is 0 Å². The Morgan fingerprint density at radius 1 is 1.50 bits per heavy atom. The number of nitrogens with two attached hydrogens (primary N) is 2. The quantitative estimate of drug-likeness (QED) is 0.602. The van der Waals surface area contributed by atoms with Crippen LogP contribution in [0.1, 0.15) is 11.6 Å². The van der Waals surface area contributed by atoms with Gasteiger partial charge in [-0.2, -0.15) is 0 Å². The SMILES string of the molecule is Nc1c(Cl)cccc1[C@@H](N)CO. The monoisotopic (exact) mass is 186 g/mol. The summed E-state index contributed by atoms with van der Waals surface area (Å²) in [5.41, 5.74) is 12.3. The van der Waals surface area contributed by atoms with Gasteiger partial charge in [0.05, 0.1) is 23.4 Å². The highest BCUT2D eigenvalue weighted by Crippen LogP contribution is 2.25. The number of benzene rings is 1. The molecule has 0 aliphatic rings. The Kier molecular flexibility index (Phi) is 2.92. The molecule has 0 amide bonds. The van der Waals surface area contributed by atoms with E-state index in [-0.39, 0.29) is 6.61 Å². The fourth-order valence-corrected chi connectivity index (χ4v) is 1.16. The minimum absolute atomic E-state index is 0.134. The van der Waals surface area contributed by atoms with Gasteiger partial charge in [0.15, 0.2) is 0 Å². The van der Waals surface area contributed by atoms with Gasteiger partial charge in [-0.05, 0) is 11.6 Å². The molecule has 0 saturated heterocycles. The van der Waals surface area contributed by atoms with E-state index in [0.29, 0.717) is 16.3 Å². The lowest BCUT2D eigenvalue weighted by molar-refractivity contribution is 0.268. The Labute approximate surface area is 75.9 Å². The van der Waals surface area contributed by atoms with Gasteiger partial charge in [0, 0.05) is 0 Å². The Morgan fingerprint density at radius 3 is 2.75 bits per heavy atom. The molecule has 1 rings (SSSR count). The minimum atomic E-state index is -0.455. The van der Waals surface area contributed by atoms with Gasteiger partial charge in [-0.15, -0.1) is 0 Å². The van der Waals surface area contributed by atoms with E-state index in [1.807, 2.05) is 0 Å². The Morgan fingerprint density at radius 2 is 2.17 bits per heavy atom. The van der Waals surface area contributed by atoms with Crippen LogP contribution in [0.15, 0.2) is 18.2 Å². The third-order valence-electron chi connectivity index (χ3n) is 1.68. The second kappa shape index (κ2) is 3.76. The van der Waals surface area contributed by atoms with Crippen molar-refractivity contribution in [2.75, 3.05) is 12.3 Å². The highest BCUT2D eigenvalue weighted by Gasteiger charge is 2.09. The molecule has 0 fully saturated rings. The fourth-order valence-electron chi connectivity index (χ4n) is 0.975. The fraction of sp³-hybridized carbons (Fsp3) is 0.250. The van der Waals surface area contributed by atoms with Crippen molar-refractivity contribution >= 4 is 17.3 Å². The largest absolute Gasteiger partial charge is 0.397 e. The number of rotatable bonds is 2. The summed E-state index contributed by atoms with van der Waals surface area (Å²) in [6, 6.07) is 4.74. The van der Waals surface area contributed by atoms with Crippen molar-refractivity contribution in [2.45, 2.75) is 6.04 Å². The van der Waals surface area contributed by atoms with Gasteiger partial charge >= 0.3 is 0 Å². The Balaban J connectivity index is 3.07. The smallest absolute Gasteiger partial charge is 0.0638 e. The molecule has 0 aromatic heterocycles. The molecule has 0 heterocycles. The summed E-state index contributed by atoms with van der Waals surface area (Å²) in [7, 11) is 0. The molecular formula is C8H11ClN2O. The Bertz CT molecular complexity index is 278. The van der Waals surface area contributed by atoms with Crippen LogP contribution in [-0.4, -0.2) is 11.7 Å². The molecule has 5 N–H and O–H groups in total. The van der Waals surface area contributed by atoms with Gasteiger partial charge in [-0.25, -0.2) is 0 Å². The first-order chi connectivity index (χ1) is 5.66. The molecule has 0 unspecified atom stereocenters. The topological polar surface area (TPSA) is 72.3 Å². The zero-order valence-electron chi connectivity index (χ0n) is 6.50. The first-order valence-electron chi connectivity index (χ1n) is 3.57. The van der Waals surface area contributed by atoms with Crippen LogP contribution < -0.4 is 11.5 Å². The molecule has 4 heteroatoms. The normalized spacial score (nSPS) is 12.9. The molecule has 0 aliphatic heterocycles. The van der Waals surface area contributed by atoms with Crippen LogP contribution in [0.4, 0.5) is 5.69 Å². The highest BCUT2D eigenvalue weighted by molar-refractivity contribution is 6.33. The molecule has 3 nitrogen and oxygen atoms in total. The molecule has 0 bridgehead atoms. The predicted molar refractivity (Wildman–Crippen MR) is 49.9 cm³/mol. The number of hydrogen-bond acceptors (Lipinski definition) is 3. The van der Waals surface area contributed by atoms with E-state index in [4.69, 9.17) is 28.2 Å². The highest BCUT2D eigenvalue weighted by atomic mass is 35.5. The Hall–Kier alpha value is -0.770. The number of nitrogen functional groups attached to an aromatic ring is 1. The average molecular weight is 187 g/mol. The lowest BCUT2D eigenvalue weighted by atomic mass is 10.1. The summed E-state index contributed by atoms with van der Waals surface area (Å²) in [5.74, 6) is 0. The van der Waals surface area contributed by atoms with Crippen LogP contribution in [-0.2, 0) is 0 Å². The van der Waals surface area contributed by atoms with E-state index >= 15 is 0 Å². The maximum absolute atomic E-state index is 8.78. The van der Waals surface area contributed by atoms with E-state index < -0.39 is 6.04 Å². The summed E-state index contributed by atoms with van der Waals surface area (Å²) in [5, 5.41) is 9.25. The van der Waals surface area contributed by atoms with Gasteiger partial charge < -0.3 is 16.6 Å². The van der Waals surface area contributed by atoms with E-state index in [1.54, 1.807) is 18.2 Å². The molecule has 1 atom stereocenters. The molecule has 12 heavy (non-hydrogen) atoms. The third-order valence-corrected chi connectivity index (χ3v) is 2.01. The molecule has 0 radical (unpaired) electrons. The van der Waals surface area contributed by atoms with Crippen LogP contribution >= 0.6 is 11.6 Å². The summed E-state index contributed by atoms with van der Waals surface area (Å²) in [4.78, 5) is 0. The van der Waals surface area contributed by atoms with E-state index in [9.17, 15) is 0 Å². The zero-order chi connectivity index (χ0) is 9.14. The van der Waals surface area contributed by atoms with Crippen molar-refractivity contribution in [1.82, 2.24) is 0 Å². The summed E-state index contributed by atoms with van der Waals surface area (Å²) in [6.45, 7) is -0.134. The van der Waals surface area contributed by atoms with Crippen molar-refractivity contribution < 1.29 is 5.11 Å². The van der Waals surface area contributed by atoms with Crippen LogP contribution in [0.25, 0.3) is 0 Å². The molecule has 0 spiro atoms. The van der Waals surface area contributed by atoms with Gasteiger partial charge in [-0.3, -0.25) is 0 Å². The van der Waals surface area contributed by atoms with Crippen molar-refractivity contribution in [3.05, 3.63) is 28.8 Å². The average Bonchev–Trinajstić information content (AvgIpc) is 2.08. The second-order valence-corrected chi connectivity index (χ2v) is 2.94. The van der Waals surface area contributed by atoms with Crippen LogP contribution in [0.5, 0.6) is 0 Å². The molecule has 66 valence electrons. The van der Waals surface area contributed by atoms with Crippen molar-refractivity contribution in [3.8, 4) is 0 Å². The number of halogens is 1. The van der Waals surface area contributed by atoms with Crippen LogP contribution in [0, 0.1) is 0 Å². The van der Waals surface area contributed by atoms with Gasteiger partial charge in [0.1, 0.15) is 0 Å². The molecule has 0 aliphatic carbocycles. The molecule has 1 aromatic carbocycles. The van der Waals surface area contributed by atoms with Crippen molar-refractivity contribution in [3.63, 3.8) is 0 Å². The maximum atomic E-state index is 8.78. The van der Waals surface area contributed by atoms with Crippen LogP contribution in [0.2, 0.25) is 5.02 Å². The summed E-state index contributed by atoms with van der Waals surface area (Å²) >= 11 is 5.75.